The van der Waals surface area contributed by atoms with Crippen LogP contribution < -0.4 is 4.90 Å². The summed E-state index contributed by atoms with van der Waals surface area (Å²) in [6.45, 7) is 7.10. The zero-order valence-electron chi connectivity index (χ0n) is 14.8. The van der Waals surface area contributed by atoms with Crippen molar-refractivity contribution in [3.8, 4) is 0 Å². The molecule has 3 rings (SSSR count). The fourth-order valence-corrected chi connectivity index (χ4v) is 3.76. The van der Waals surface area contributed by atoms with Gasteiger partial charge in [0.05, 0.1) is 11.5 Å². The summed E-state index contributed by atoms with van der Waals surface area (Å²) in [5, 5.41) is 11.4. The molecule has 0 saturated carbocycles. The number of amides is 1. The normalized spacial score (nSPS) is 19.1. The Hall–Kier alpha value is -2.15. The van der Waals surface area contributed by atoms with E-state index in [0.29, 0.717) is 24.3 Å². The predicted molar refractivity (Wildman–Crippen MR) is 96.9 cm³/mol. The molecule has 7 nitrogen and oxygen atoms in total. The molecule has 136 valence electrons. The Morgan fingerprint density at radius 1 is 1.08 bits per heavy atom. The van der Waals surface area contributed by atoms with Crippen molar-refractivity contribution in [1.82, 2.24) is 9.80 Å². The van der Waals surface area contributed by atoms with Gasteiger partial charge in [-0.25, -0.2) is 0 Å². The quantitative estimate of drug-likeness (QED) is 0.616. The number of para-hydroxylation sites is 1. The van der Waals surface area contributed by atoms with Crippen LogP contribution in [0.2, 0.25) is 0 Å². The third-order valence-corrected chi connectivity index (χ3v) is 5.15. The van der Waals surface area contributed by atoms with Gasteiger partial charge in [-0.15, -0.1) is 0 Å². The van der Waals surface area contributed by atoms with Gasteiger partial charge in [-0.3, -0.25) is 19.8 Å². The molecule has 25 heavy (non-hydrogen) atoms. The number of nitrogens with zero attached hydrogens (tertiary/aromatic N) is 4. The van der Waals surface area contributed by atoms with Gasteiger partial charge >= 0.3 is 0 Å². The molecule has 0 aliphatic carbocycles. The predicted octanol–water partition coefficient (Wildman–Crippen LogP) is 2.04. The number of hydrogen-bond donors (Lipinski definition) is 0. The largest absolute Gasteiger partial charge is 0.365 e. The number of benzene rings is 1. The molecule has 2 aliphatic heterocycles. The monoisotopic (exact) mass is 346 g/mol. The molecule has 0 bridgehead atoms. The van der Waals surface area contributed by atoms with Crippen LogP contribution in [0.4, 0.5) is 11.4 Å². The average molecular weight is 346 g/mol. The first-order chi connectivity index (χ1) is 12.1. The van der Waals surface area contributed by atoms with Gasteiger partial charge in [0.15, 0.2) is 0 Å². The molecule has 0 N–H and O–H groups in total. The van der Waals surface area contributed by atoms with Gasteiger partial charge in [0.25, 0.3) is 5.69 Å². The number of hydrogen-bond acceptors (Lipinski definition) is 5. The van der Waals surface area contributed by atoms with Gasteiger partial charge in [-0.05, 0) is 32.3 Å². The van der Waals surface area contributed by atoms with Crippen LogP contribution in [0.3, 0.4) is 0 Å². The van der Waals surface area contributed by atoms with E-state index in [0.717, 1.165) is 52.0 Å². The lowest BCUT2D eigenvalue weighted by molar-refractivity contribution is -0.384. The summed E-state index contributed by atoms with van der Waals surface area (Å²) in [4.78, 5) is 29.7. The fourth-order valence-electron chi connectivity index (χ4n) is 3.76. The molecule has 0 aromatic heterocycles. The van der Waals surface area contributed by atoms with Crippen molar-refractivity contribution in [3.05, 3.63) is 33.9 Å². The number of rotatable bonds is 4. The van der Waals surface area contributed by atoms with Crippen LogP contribution >= 0.6 is 0 Å². The van der Waals surface area contributed by atoms with Gasteiger partial charge in [0.2, 0.25) is 5.91 Å². The van der Waals surface area contributed by atoms with Crippen molar-refractivity contribution in [2.24, 2.45) is 0 Å². The summed E-state index contributed by atoms with van der Waals surface area (Å²) in [6.07, 6.45) is 3.12. The van der Waals surface area contributed by atoms with Crippen molar-refractivity contribution in [2.45, 2.75) is 26.2 Å². The Labute approximate surface area is 148 Å². The maximum absolute atomic E-state index is 12.3. The highest BCUT2D eigenvalue weighted by Crippen LogP contribution is 2.31. The van der Waals surface area contributed by atoms with Gasteiger partial charge in [-0.1, -0.05) is 12.1 Å². The van der Waals surface area contributed by atoms with Crippen molar-refractivity contribution in [1.29, 1.82) is 0 Å². The first-order valence-electron chi connectivity index (χ1n) is 9.05. The Bertz CT molecular complexity index is 643. The van der Waals surface area contributed by atoms with Crippen molar-refractivity contribution >= 4 is 17.3 Å². The minimum absolute atomic E-state index is 0.198. The van der Waals surface area contributed by atoms with Gasteiger partial charge in [0.1, 0.15) is 5.69 Å². The lowest BCUT2D eigenvalue weighted by Crippen LogP contribution is -2.40. The molecule has 2 fully saturated rings. The molecule has 7 heteroatoms. The third-order valence-electron chi connectivity index (χ3n) is 5.15. The minimum Gasteiger partial charge on any atom is -0.365 e. The molecule has 1 aromatic rings. The molecule has 2 heterocycles. The second-order valence-corrected chi connectivity index (χ2v) is 6.90. The molecule has 1 aromatic carbocycles. The minimum atomic E-state index is -0.287. The van der Waals surface area contributed by atoms with E-state index in [2.05, 4.69) is 9.80 Å². The third kappa shape index (κ3) is 4.10. The number of nitro benzene ring substituents is 1. The summed E-state index contributed by atoms with van der Waals surface area (Å²) in [7, 11) is 0. The number of anilines is 1. The smallest absolute Gasteiger partial charge is 0.295 e. The number of likely N-dealkylation sites (tertiary alicyclic amines) is 1. The van der Waals surface area contributed by atoms with E-state index in [-0.39, 0.29) is 16.5 Å². The van der Waals surface area contributed by atoms with Crippen molar-refractivity contribution in [2.75, 3.05) is 50.7 Å². The highest BCUT2D eigenvalue weighted by molar-refractivity contribution is 5.78. The second-order valence-electron chi connectivity index (χ2n) is 6.90. The molecule has 0 radical (unpaired) electrons. The van der Waals surface area contributed by atoms with Crippen molar-refractivity contribution < 1.29 is 9.72 Å². The Kier molecular flexibility index (Phi) is 5.53. The average Bonchev–Trinajstić information content (AvgIpc) is 3.02. The van der Waals surface area contributed by atoms with E-state index < -0.39 is 0 Å². The highest BCUT2D eigenvalue weighted by atomic mass is 16.6. The first kappa shape index (κ1) is 17.7. The van der Waals surface area contributed by atoms with Crippen molar-refractivity contribution in [3.63, 3.8) is 0 Å². The van der Waals surface area contributed by atoms with Crippen LogP contribution in [0.1, 0.15) is 24.8 Å². The zero-order chi connectivity index (χ0) is 17.8. The summed E-state index contributed by atoms with van der Waals surface area (Å²) >= 11 is 0. The topological polar surface area (TPSA) is 69.9 Å². The maximum Gasteiger partial charge on any atom is 0.295 e. The Morgan fingerprint density at radius 3 is 2.56 bits per heavy atom. The molecular formula is C18H26N4O3. The van der Waals surface area contributed by atoms with Crippen LogP contribution in [0.15, 0.2) is 18.2 Å². The molecule has 2 saturated heterocycles. The molecule has 2 aliphatic rings. The van der Waals surface area contributed by atoms with E-state index in [1.54, 1.807) is 13.0 Å². The number of carbonyl (C=O) groups is 1. The second kappa shape index (κ2) is 7.82. The number of nitro groups is 1. The van der Waals surface area contributed by atoms with Crippen LogP contribution in [0.25, 0.3) is 0 Å². The SMILES string of the molecule is Cc1cccc(N2CCCN(CC(=O)N3CCCC3)CC2)c1[N+](=O)[O-]. The summed E-state index contributed by atoms with van der Waals surface area (Å²) < 4.78 is 0. The van der Waals surface area contributed by atoms with E-state index in [1.165, 1.54) is 0 Å². The summed E-state index contributed by atoms with van der Waals surface area (Å²) in [5.74, 6) is 0.215. The van der Waals surface area contributed by atoms with E-state index in [1.807, 2.05) is 17.0 Å². The van der Waals surface area contributed by atoms with E-state index >= 15 is 0 Å². The molecular weight excluding hydrogens is 320 g/mol. The van der Waals surface area contributed by atoms with Gasteiger partial charge < -0.3 is 9.80 Å². The van der Waals surface area contributed by atoms with Crippen LogP contribution in [-0.2, 0) is 4.79 Å². The van der Waals surface area contributed by atoms with Crippen LogP contribution in [-0.4, -0.2) is 66.4 Å². The highest BCUT2D eigenvalue weighted by Gasteiger charge is 2.25. The van der Waals surface area contributed by atoms with E-state index in [9.17, 15) is 14.9 Å². The molecule has 1 amide bonds. The zero-order valence-corrected chi connectivity index (χ0v) is 14.8. The Morgan fingerprint density at radius 2 is 1.84 bits per heavy atom. The van der Waals surface area contributed by atoms with Crippen LogP contribution in [0, 0.1) is 17.0 Å². The van der Waals surface area contributed by atoms with Crippen LogP contribution in [0.5, 0.6) is 0 Å². The number of carbonyl (C=O) groups excluding carboxylic acids is 1. The first-order valence-corrected chi connectivity index (χ1v) is 9.05. The number of aryl methyl sites for hydroxylation is 1. The fraction of sp³-hybridized carbons (Fsp3) is 0.611. The molecule has 0 spiro atoms. The van der Waals surface area contributed by atoms with Gasteiger partial charge in [0, 0.05) is 44.8 Å². The maximum atomic E-state index is 12.3. The summed E-state index contributed by atoms with van der Waals surface area (Å²) in [6, 6.07) is 5.48. The molecule has 0 unspecified atom stereocenters. The van der Waals surface area contributed by atoms with E-state index in [4.69, 9.17) is 0 Å². The Balaban J connectivity index is 1.65. The standard InChI is InChI=1S/C18H26N4O3/c1-15-6-4-7-16(18(15)22(24)25)20-11-5-8-19(12-13-20)14-17(23)21-9-2-3-10-21/h4,6-7H,2-3,5,8-14H2,1H3. The summed E-state index contributed by atoms with van der Waals surface area (Å²) in [5.41, 5.74) is 1.58. The lowest BCUT2D eigenvalue weighted by Gasteiger charge is -2.25. The lowest BCUT2D eigenvalue weighted by atomic mass is 10.1. The van der Waals surface area contributed by atoms with Gasteiger partial charge in [-0.2, -0.15) is 0 Å². The molecule has 0 atom stereocenters.